The van der Waals surface area contributed by atoms with Crippen LogP contribution in [0.4, 0.5) is 0 Å². The summed E-state index contributed by atoms with van der Waals surface area (Å²) >= 11 is 0. The highest BCUT2D eigenvalue weighted by molar-refractivity contribution is 5.84. The summed E-state index contributed by atoms with van der Waals surface area (Å²) in [5, 5.41) is 0. The highest BCUT2D eigenvalue weighted by Gasteiger charge is 2.46. The van der Waals surface area contributed by atoms with Gasteiger partial charge in [-0.05, 0) is 25.7 Å². The van der Waals surface area contributed by atoms with Crippen molar-refractivity contribution in [2.24, 2.45) is 5.41 Å². The number of ketones is 1. The lowest BCUT2D eigenvalue weighted by atomic mass is 9.77. The van der Waals surface area contributed by atoms with Gasteiger partial charge in [0.25, 0.3) is 0 Å². The molecule has 0 aromatic rings. The van der Waals surface area contributed by atoms with E-state index in [0.29, 0.717) is 12.2 Å². The van der Waals surface area contributed by atoms with Crippen LogP contribution in [0.15, 0.2) is 0 Å². The third kappa shape index (κ3) is 3.43. The maximum absolute atomic E-state index is 12.5. The summed E-state index contributed by atoms with van der Waals surface area (Å²) in [6.45, 7) is 6.96. The summed E-state index contributed by atoms with van der Waals surface area (Å²) in [7, 11) is 0. The molecule has 20 heavy (non-hydrogen) atoms. The lowest BCUT2D eigenvalue weighted by molar-refractivity contribution is -0.318. The van der Waals surface area contributed by atoms with Gasteiger partial charge in [-0.1, -0.05) is 33.6 Å². The second-order valence-corrected chi connectivity index (χ2v) is 6.96. The van der Waals surface area contributed by atoms with Gasteiger partial charge in [0, 0.05) is 24.7 Å². The second kappa shape index (κ2) is 6.57. The van der Waals surface area contributed by atoms with Crippen molar-refractivity contribution in [3.05, 3.63) is 0 Å². The highest BCUT2D eigenvalue weighted by atomic mass is 16.7. The first-order valence-electron chi connectivity index (χ1n) is 8.35. The Morgan fingerprint density at radius 1 is 1.25 bits per heavy atom. The van der Waals surface area contributed by atoms with Crippen LogP contribution < -0.4 is 0 Å². The molecule has 2 rings (SSSR count). The summed E-state index contributed by atoms with van der Waals surface area (Å²) in [6, 6.07) is 0. The lowest BCUT2D eigenvalue weighted by Gasteiger charge is -2.47. The minimum atomic E-state index is -0.386. The molecule has 0 N–H and O–H groups in total. The Morgan fingerprint density at radius 2 is 1.95 bits per heavy atom. The third-order valence-electron chi connectivity index (χ3n) is 5.00. The Hall–Kier alpha value is -0.410. The van der Waals surface area contributed by atoms with Crippen LogP contribution in [0.5, 0.6) is 0 Å². The van der Waals surface area contributed by atoms with Crippen LogP contribution in [0.3, 0.4) is 0 Å². The van der Waals surface area contributed by atoms with Crippen LogP contribution in [0.1, 0.15) is 78.6 Å². The van der Waals surface area contributed by atoms with Crippen LogP contribution in [-0.2, 0) is 14.3 Å². The molecule has 3 nitrogen and oxygen atoms in total. The zero-order valence-corrected chi connectivity index (χ0v) is 13.4. The minimum absolute atomic E-state index is 0.0127. The van der Waals surface area contributed by atoms with Gasteiger partial charge in [0.2, 0.25) is 0 Å². The summed E-state index contributed by atoms with van der Waals surface area (Å²) in [6.07, 6.45) is 9.19. The number of unbranched alkanes of at least 4 members (excludes halogenated alkanes) is 1. The SMILES string of the molecule is CCCCC(=O)C(C)(C)[C@@H]1CCOC2(CCCCC2)O1. The predicted molar refractivity (Wildman–Crippen MR) is 79.6 cm³/mol. The van der Waals surface area contributed by atoms with Crippen LogP contribution in [-0.4, -0.2) is 24.3 Å². The number of hydrogen-bond acceptors (Lipinski definition) is 3. The predicted octanol–water partition coefficient (Wildman–Crippen LogP) is 4.24. The highest BCUT2D eigenvalue weighted by Crippen LogP contribution is 2.42. The van der Waals surface area contributed by atoms with Crippen molar-refractivity contribution < 1.29 is 14.3 Å². The quantitative estimate of drug-likeness (QED) is 0.756. The maximum Gasteiger partial charge on any atom is 0.168 e. The number of rotatable bonds is 5. The zero-order valence-electron chi connectivity index (χ0n) is 13.4. The van der Waals surface area contributed by atoms with E-state index in [1.165, 1.54) is 19.3 Å². The molecule has 3 heteroatoms. The third-order valence-corrected chi connectivity index (χ3v) is 5.00. The van der Waals surface area contributed by atoms with Crippen LogP contribution in [0, 0.1) is 5.41 Å². The molecule has 0 aromatic heterocycles. The van der Waals surface area contributed by atoms with Gasteiger partial charge in [0.1, 0.15) is 5.78 Å². The van der Waals surface area contributed by atoms with Gasteiger partial charge in [-0.25, -0.2) is 0 Å². The van der Waals surface area contributed by atoms with E-state index in [1.807, 2.05) is 0 Å². The van der Waals surface area contributed by atoms with Gasteiger partial charge in [-0.3, -0.25) is 4.79 Å². The van der Waals surface area contributed by atoms with Crippen LogP contribution in [0.25, 0.3) is 0 Å². The molecule has 1 atom stereocenters. The molecule has 1 heterocycles. The van der Waals surface area contributed by atoms with Crippen molar-refractivity contribution in [1.29, 1.82) is 0 Å². The molecule has 2 fully saturated rings. The number of hydrogen-bond donors (Lipinski definition) is 0. The van der Waals surface area contributed by atoms with Crippen molar-refractivity contribution in [3.8, 4) is 0 Å². The van der Waals surface area contributed by atoms with Gasteiger partial charge < -0.3 is 9.47 Å². The Labute approximate surface area is 123 Å². The Morgan fingerprint density at radius 3 is 2.60 bits per heavy atom. The zero-order chi connectivity index (χ0) is 14.6. The molecule has 2 aliphatic rings. The molecule has 1 aliphatic carbocycles. The topological polar surface area (TPSA) is 35.5 Å². The van der Waals surface area contributed by atoms with Gasteiger partial charge in [0.15, 0.2) is 5.79 Å². The van der Waals surface area contributed by atoms with Gasteiger partial charge in [-0.2, -0.15) is 0 Å². The van der Waals surface area contributed by atoms with E-state index < -0.39 is 0 Å². The van der Waals surface area contributed by atoms with E-state index in [9.17, 15) is 4.79 Å². The average Bonchev–Trinajstić information content (AvgIpc) is 2.45. The smallest absolute Gasteiger partial charge is 0.168 e. The molecule has 0 bridgehead atoms. The molecule has 1 saturated heterocycles. The lowest BCUT2D eigenvalue weighted by Crippen LogP contribution is -2.52. The maximum atomic E-state index is 12.5. The first kappa shape index (κ1) is 16.0. The van der Waals surface area contributed by atoms with E-state index in [-0.39, 0.29) is 17.3 Å². The number of ether oxygens (including phenoxy) is 2. The standard InChI is InChI=1S/C17H30O3/c1-4-5-9-14(18)16(2,3)15-10-13-19-17(20-15)11-7-6-8-12-17/h15H,4-13H2,1-3H3/t15-/m0/s1. The number of Topliss-reactive ketones (excluding diaryl/α,β-unsaturated/α-hetero) is 1. The van der Waals surface area contributed by atoms with Crippen molar-refractivity contribution >= 4 is 5.78 Å². The number of carbonyl (C=O) groups excluding carboxylic acids is 1. The number of carbonyl (C=O) groups is 1. The van der Waals surface area contributed by atoms with Gasteiger partial charge in [0.05, 0.1) is 12.7 Å². The molecule has 1 spiro atoms. The molecular weight excluding hydrogens is 252 g/mol. The van der Waals surface area contributed by atoms with E-state index in [4.69, 9.17) is 9.47 Å². The fourth-order valence-electron chi connectivity index (χ4n) is 3.40. The van der Waals surface area contributed by atoms with Gasteiger partial charge in [-0.15, -0.1) is 0 Å². The molecule has 0 aromatic carbocycles. The molecule has 1 aliphatic heterocycles. The van der Waals surface area contributed by atoms with Crippen molar-refractivity contribution in [2.45, 2.75) is 90.4 Å². The summed E-state index contributed by atoms with van der Waals surface area (Å²) < 4.78 is 12.3. The molecule has 1 saturated carbocycles. The van der Waals surface area contributed by atoms with E-state index in [2.05, 4.69) is 20.8 Å². The van der Waals surface area contributed by atoms with Crippen molar-refractivity contribution in [2.75, 3.05) is 6.61 Å². The average molecular weight is 282 g/mol. The first-order chi connectivity index (χ1) is 9.50. The monoisotopic (exact) mass is 282 g/mol. The molecule has 0 radical (unpaired) electrons. The van der Waals surface area contributed by atoms with Gasteiger partial charge >= 0.3 is 0 Å². The molecule has 116 valence electrons. The Balaban J connectivity index is 2.01. The Kier molecular flexibility index (Phi) is 5.25. The summed E-state index contributed by atoms with van der Waals surface area (Å²) in [5.74, 6) is -0.0408. The normalized spacial score (nSPS) is 26.6. The van der Waals surface area contributed by atoms with Crippen molar-refractivity contribution in [1.82, 2.24) is 0 Å². The summed E-state index contributed by atoms with van der Waals surface area (Å²) in [5.41, 5.74) is -0.386. The summed E-state index contributed by atoms with van der Waals surface area (Å²) in [4.78, 5) is 12.5. The fourth-order valence-corrected chi connectivity index (χ4v) is 3.40. The molecular formula is C17H30O3. The minimum Gasteiger partial charge on any atom is -0.350 e. The Bertz CT molecular complexity index is 324. The van der Waals surface area contributed by atoms with Crippen LogP contribution >= 0.6 is 0 Å². The first-order valence-corrected chi connectivity index (χ1v) is 8.35. The molecule has 0 amide bonds. The molecule has 0 unspecified atom stereocenters. The fraction of sp³-hybridized carbons (Fsp3) is 0.941. The largest absolute Gasteiger partial charge is 0.350 e. The second-order valence-electron chi connectivity index (χ2n) is 6.96. The van der Waals surface area contributed by atoms with Crippen LogP contribution in [0.2, 0.25) is 0 Å². The van der Waals surface area contributed by atoms with Crippen molar-refractivity contribution in [3.63, 3.8) is 0 Å². The van der Waals surface area contributed by atoms with E-state index in [0.717, 1.165) is 38.7 Å². The van der Waals surface area contributed by atoms with E-state index >= 15 is 0 Å². The van der Waals surface area contributed by atoms with E-state index in [1.54, 1.807) is 0 Å².